The molecule has 1 aromatic carbocycles. The zero-order valence-corrected chi connectivity index (χ0v) is 12.0. The average molecular weight is 294 g/mol. The van der Waals surface area contributed by atoms with Crippen LogP contribution in [0.4, 0.5) is 5.69 Å². The Hall–Kier alpha value is -1.63. The van der Waals surface area contributed by atoms with E-state index in [0.717, 1.165) is 10.1 Å². The van der Waals surface area contributed by atoms with Crippen molar-refractivity contribution in [3.63, 3.8) is 0 Å². The number of benzene rings is 1. The predicted octanol–water partition coefficient (Wildman–Crippen LogP) is 1.35. The molecule has 5 N–H and O–H groups in total. The van der Waals surface area contributed by atoms with Gasteiger partial charge in [0.2, 0.25) is 0 Å². The van der Waals surface area contributed by atoms with Gasteiger partial charge >= 0.3 is 0 Å². The molecule has 1 heterocycles. The van der Waals surface area contributed by atoms with E-state index in [-0.39, 0.29) is 19.1 Å². The molecule has 0 spiro atoms. The number of carbonyl (C=O) groups excluding carboxylic acids is 1. The number of rotatable bonds is 5. The van der Waals surface area contributed by atoms with Gasteiger partial charge in [-0.15, -0.1) is 11.3 Å². The Balaban J connectivity index is 2.34. The quantitative estimate of drug-likeness (QED) is 0.669. The van der Waals surface area contributed by atoms with Crippen LogP contribution in [-0.2, 0) is 0 Å². The second-order valence-corrected chi connectivity index (χ2v) is 5.80. The fraction of sp³-hybridized carbons (Fsp3) is 0.357. The third-order valence-electron chi connectivity index (χ3n) is 3.50. The molecular formula is C14H18N2O3S. The largest absolute Gasteiger partial charge is 0.397 e. The maximum Gasteiger partial charge on any atom is 0.264 e. The Labute approximate surface area is 121 Å². The maximum atomic E-state index is 12.3. The van der Waals surface area contributed by atoms with Crippen LogP contribution >= 0.6 is 11.3 Å². The van der Waals surface area contributed by atoms with E-state index in [1.54, 1.807) is 6.92 Å². The van der Waals surface area contributed by atoms with E-state index in [2.05, 4.69) is 5.32 Å². The lowest BCUT2D eigenvalue weighted by atomic mass is 9.98. The molecular weight excluding hydrogens is 276 g/mol. The zero-order valence-electron chi connectivity index (χ0n) is 11.2. The zero-order chi connectivity index (χ0) is 14.8. The monoisotopic (exact) mass is 294 g/mol. The van der Waals surface area contributed by atoms with Gasteiger partial charge in [-0.1, -0.05) is 25.1 Å². The van der Waals surface area contributed by atoms with E-state index in [1.807, 2.05) is 24.3 Å². The first-order valence-electron chi connectivity index (χ1n) is 6.38. The number of fused-ring (bicyclic) bond motifs is 1. The highest BCUT2D eigenvalue weighted by atomic mass is 32.1. The van der Waals surface area contributed by atoms with Gasteiger partial charge in [-0.05, 0) is 12.5 Å². The molecule has 0 radical (unpaired) electrons. The van der Waals surface area contributed by atoms with Crippen LogP contribution in [0.3, 0.4) is 0 Å². The van der Waals surface area contributed by atoms with Crippen LogP contribution in [0.15, 0.2) is 24.3 Å². The van der Waals surface area contributed by atoms with Crippen molar-refractivity contribution in [3.05, 3.63) is 29.1 Å². The van der Waals surface area contributed by atoms with E-state index in [0.29, 0.717) is 17.0 Å². The van der Waals surface area contributed by atoms with Crippen LogP contribution in [0.25, 0.3) is 10.1 Å². The van der Waals surface area contributed by atoms with Crippen LogP contribution in [0.5, 0.6) is 0 Å². The van der Waals surface area contributed by atoms with Gasteiger partial charge in [0.1, 0.15) is 4.88 Å². The molecule has 1 amide bonds. The molecule has 0 aliphatic heterocycles. The highest BCUT2D eigenvalue weighted by molar-refractivity contribution is 7.21. The van der Waals surface area contributed by atoms with Gasteiger partial charge < -0.3 is 21.3 Å². The topological polar surface area (TPSA) is 95.6 Å². The molecule has 0 bridgehead atoms. The molecule has 2 aromatic rings. The number of nitrogen functional groups attached to an aromatic ring is 1. The molecule has 0 aliphatic rings. The summed E-state index contributed by atoms with van der Waals surface area (Å²) in [7, 11) is 0. The van der Waals surface area contributed by atoms with Gasteiger partial charge in [-0.25, -0.2) is 0 Å². The van der Waals surface area contributed by atoms with E-state index in [1.165, 1.54) is 11.3 Å². The molecule has 0 saturated heterocycles. The summed E-state index contributed by atoms with van der Waals surface area (Å²) in [6.07, 6.45) is 0.427. The van der Waals surface area contributed by atoms with E-state index in [4.69, 9.17) is 5.73 Å². The second-order valence-electron chi connectivity index (χ2n) is 4.75. The summed E-state index contributed by atoms with van der Waals surface area (Å²) in [5.41, 5.74) is 5.43. The van der Waals surface area contributed by atoms with Crippen LogP contribution in [0.2, 0.25) is 0 Å². The first-order valence-corrected chi connectivity index (χ1v) is 7.20. The van der Waals surface area contributed by atoms with Crippen LogP contribution < -0.4 is 11.1 Å². The van der Waals surface area contributed by atoms with Crippen molar-refractivity contribution in [3.8, 4) is 0 Å². The molecule has 108 valence electrons. The van der Waals surface area contributed by atoms with Crippen molar-refractivity contribution < 1.29 is 15.0 Å². The van der Waals surface area contributed by atoms with Crippen molar-refractivity contribution in [2.24, 2.45) is 0 Å². The second kappa shape index (κ2) is 5.78. The van der Waals surface area contributed by atoms with Gasteiger partial charge in [-0.2, -0.15) is 0 Å². The maximum absolute atomic E-state index is 12.3. The van der Waals surface area contributed by atoms with Gasteiger partial charge in [0.15, 0.2) is 0 Å². The van der Waals surface area contributed by atoms with Gasteiger partial charge in [0.25, 0.3) is 5.91 Å². The normalized spacial score (nSPS) is 11.8. The number of aliphatic hydroxyl groups excluding tert-OH is 2. The van der Waals surface area contributed by atoms with Crippen molar-refractivity contribution in [1.29, 1.82) is 0 Å². The molecule has 2 rings (SSSR count). The number of nitrogens with one attached hydrogen (secondary N) is 1. The summed E-state index contributed by atoms with van der Waals surface area (Å²) in [6, 6.07) is 7.52. The lowest BCUT2D eigenvalue weighted by Crippen LogP contribution is -2.53. The average Bonchev–Trinajstić information content (AvgIpc) is 2.83. The Bertz CT molecular complexity index is 612. The lowest BCUT2D eigenvalue weighted by molar-refractivity contribution is 0.0657. The molecule has 0 atom stereocenters. The molecule has 5 nitrogen and oxygen atoms in total. The highest BCUT2D eigenvalue weighted by Gasteiger charge is 2.30. The summed E-state index contributed by atoms with van der Waals surface area (Å²) in [5, 5.41) is 22.3. The number of amides is 1. The predicted molar refractivity (Wildman–Crippen MR) is 80.9 cm³/mol. The Morgan fingerprint density at radius 1 is 1.35 bits per heavy atom. The number of thiophene rings is 1. The van der Waals surface area contributed by atoms with E-state index >= 15 is 0 Å². The number of nitrogens with two attached hydrogens (primary N) is 1. The standard InChI is InChI=1S/C14H18N2O3S/c1-2-14(7-17,8-18)16-13(19)12-11(15)9-5-3-4-6-10(9)20-12/h3-6,17-18H,2,7-8,15H2,1H3,(H,16,19). The first-order chi connectivity index (χ1) is 9.56. The summed E-state index contributed by atoms with van der Waals surface area (Å²) in [6.45, 7) is 1.15. The fourth-order valence-corrected chi connectivity index (χ4v) is 2.99. The summed E-state index contributed by atoms with van der Waals surface area (Å²) in [4.78, 5) is 12.7. The van der Waals surface area contributed by atoms with Crippen molar-refractivity contribution in [2.45, 2.75) is 18.9 Å². The van der Waals surface area contributed by atoms with Crippen LogP contribution in [0, 0.1) is 0 Å². The molecule has 0 unspecified atom stereocenters. The number of carbonyl (C=O) groups is 1. The SMILES string of the molecule is CCC(CO)(CO)NC(=O)c1sc2ccccc2c1N. The van der Waals surface area contributed by atoms with Crippen LogP contribution in [0.1, 0.15) is 23.0 Å². The Morgan fingerprint density at radius 2 is 2.00 bits per heavy atom. The summed E-state index contributed by atoms with van der Waals surface area (Å²) >= 11 is 1.30. The van der Waals surface area contributed by atoms with E-state index < -0.39 is 5.54 Å². The highest BCUT2D eigenvalue weighted by Crippen LogP contribution is 2.33. The molecule has 6 heteroatoms. The van der Waals surface area contributed by atoms with Crippen LogP contribution in [-0.4, -0.2) is 34.9 Å². The third-order valence-corrected chi connectivity index (χ3v) is 4.69. The first kappa shape index (κ1) is 14.8. The number of aliphatic hydroxyl groups is 2. The summed E-state index contributed by atoms with van der Waals surface area (Å²) in [5.74, 6) is -0.367. The lowest BCUT2D eigenvalue weighted by Gasteiger charge is -2.29. The molecule has 20 heavy (non-hydrogen) atoms. The van der Waals surface area contributed by atoms with Crippen molar-refractivity contribution in [1.82, 2.24) is 5.32 Å². The number of hydrogen-bond donors (Lipinski definition) is 4. The van der Waals surface area contributed by atoms with Crippen molar-refractivity contribution in [2.75, 3.05) is 18.9 Å². The number of hydrogen-bond acceptors (Lipinski definition) is 5. The Morgan fingerprint density at radius 3 is 2.55 bits per heavy atom. The smallest absolute Gasteiger partial charge is 0.264 e. The molecule has 0 saturated carbocycles. The van der Waals surface area contributed by atoms with E-state index in [9.17, 15) is 15.0 Å². The summed E-state index contributed by atoms with van der Waals surface area (Å²) < 4.78 is 0.935. The molecule has 0 aliphatic carbocycles. The van der Waals surface area contributed by atoms with Gasteiger partial charge in [-0.3, -0.25) is 4.79 Å². The minimum Gasteiger partial charge on any atom is -0.397 e. The number of anilines is 1. The van der Waals surface area contributed by atoms with Crippen molar-refractivity contribution >= 4 is 33.0 Å². The fourth-order valence-electron chi connectivity index (χ4n) is 1.97. The minimum atomic E-state index is -1.01. The molecule has 1 aromatic heterocycles. The Kier molecular flexibility index (Phi) is 4.27. The van der Waals surface area contributed by atoms with Gasteiger partial charge in [0, 0.05) is 10.1 Å². The van der Waals surface area contributed by atoms with Gasteiger partial charge in [0.05, 0.1) is 24.4 Å². The molecule has 0 fully saturated rings. The minimum absolute atomic E-state index is 0.323. The third kappa shape index (κ3) is 2.49.